The molecule has 1 heterocycles. The Morgan fingerprint density at radius 1 is 1.23 bits per heavy atom. The van der Waals surface area contributed by atoms with Crippen molar-refractivity contribution in [3.05, 3.63) is 56.9 Å². The van der Waals surface area contributed by atoms with Gasteiger partial charge in [-0.1, -0.05) is 0 Å². The molecule has 1 atom stereocenters. The van der Waals surface area contributed by atoms with Gasteiger partial charge in [0.15, 0.2) is 6.29 Å². The minimum absolute atomic E-state index is 0.166. The number of carbonyl (C=O) groups excluding carboxylic acids is 1. The second-order valence-electron chi connectivity index (χ2n) is 6.12. The molecule has 138 valence electrons. The minimum Gasteiger partial charge on any atom is -0.355 e. The highest BCUT2D eigenvalue weighted by Crippen LogP contribution is 2.26. The van der Waals surface area contributed by atoms with Crippen LogP contribution in [-0.4, -0.2) is 18.8 Å². The van der Waals surface area contributed by atoms with Gasteiger partial charge in [-0.25, -0.2) is 14.7 Å². The van der Waals surface area contributed by atoms with E-state index in [0.29, 0.717) is 12.3 Å². The first-order chi connectivity index (χ1) is 12.5. The van der Waals surface area contributed by atoms with Crippen molar-refractivity contribution in [1.82, 2.24) is 5.48 Å². The minimum atomic E-state index is -0.524. The lowest BCUT2D eigenvalue weighted by atomic mass is 10.1. The van der Waals surface area contributed by atoms with Gasteiger partial charge in [0.2, 0.25) is 0 Å². The number of aryl methyl sites for hydroxylation is 1. The monoisotopic (exact) mass is 470 g/mol. The maximum absolute atomic E-state index is 13.7. The molecule has 26 heavy (non-hydrogen) atoms. The van der Waals surface area contributed by atoms with Gasteiger partial charge in [-0.3, -0.25) is 4.79 Å². The summed E-state index contributed by atoms with van der Waals surface area (Å²) in [7, 11) is 0. The number of amides is 1. The number of ether oxygens (including phenoxy) is 1. The molecule has 0 aromatic heterocycles. The summed E-state index contributed by atoms with van der Waals surface area (Å²) in [6.07, 6.45) is 2.23. The summed E-state index contributed by atoms with van der Waals surface area (Å²) in [4.78, 5) is 17.8. The van der Waals surface area contributed by atoms with E-state index in [1.54, 1.807) is 6.07 Å². The molecule has 3 rings (SSSR count). The molecule has 1 aliphatic heterocycles. The maximum atomic E-state index is 13.7. The lowest BCUT2D eigenvalue weighted by Crippen LogP contribution is -2.33. The van der Waals surface area contributed by atoms with Crippen LogP contribution >= 0.6 is 22.6 Å². The third-order valence-electron chi connectivity index (χ3n) is 4.11. The largest absolute Gasteiger partial charge is 0.355 e. The van der Waals surface area contributed by atoms with E-state index in [9.17, 15) is 9.18 Å². The van der Waals surface area contributed by atoms with Gasteiger partial charge in [0.1, 0.15) is 5.82 Å². The Bertz CT molecular complexity index is 794. The fourth-order valence-corrected chi connectivity index (χ4v) is 3.35. The number of hydrogen-bond acceptors (Lipinski definition) is 4. The van der Waals surface area contributed by atoms with Crippen LogP contribution in [0.3, 0.4) is 0 Å². The van der Waals surface area contributed by atoms with Gasteiger partial charge >= 0.3 is 0 Å². The van der Waals surface area contributed by atoms with E-state index in [2.05, 4.69) is 33.4 Å². The molecule has 2 aromatic carbocycles. The summed E-state index contributed by atoms with van der Waals surface area (Å²) in [5.41, 5.74) is 4.92. The molecule has 2 N–H and O–H groups in total. The average Bonchev–Trinajstić information content (AvgIpc) is 2.64. The smallest absolute Gasteiger partial charge is 0.277 e. The van der Waals surface area contributed by atoms with E-state index in [1.807, 2.05) is 25.1 Å². The Morgan fingerprint density at radius 2 is 2.04 bits per heavy atom. The van der Waals surface area contributed by atoms with Crippen molar-refractivity contribution in [1.29, 1.82) is 0 Å². The van der Waals surface area contributed by atoms with Crippen LogP contribution in [0.4, 0.5) is 15.8 Å². The summed E-state index contributed by atoms with van der Waals surface area (Å²) in [6.45, 7) is 2.58. The standard InChI is InChI=1S/C19H20FIN2O3/c1-12-10-14(21)6-8-16(12)22-17-7-5-13(20)11-15(17)19(24)23-26-18-4-2-3-9-25-18/h5-8,10-11,18,22H,2-4,9H2,1H3,(H,23,24). The highest BCUT2D eigenvalue weighted by Gasteiger charge is 2.18. The van der Waals surface area contributed by atoms with E-state index in [0.717, 1.165) is 34.1 Å². The lowest BCUT2D eigenvalue weighted by molar-refractivity contribution is -0.186. The molecule has 0 spiro atoms. The van der Waals surface area contributed by atoms with Crippen molar-refractivity contribution in [2.75, 3.05) is 11.9 Å². The number of hydrogen-bond donors (Lipinski definition) is 2. The van der Waals surface area contributed by atoms with Crippen molar-refractivity contribution < 1.29 is 18.8 Å². The van der Waals surface area contributed by atoms with E-state index in [4.69, 9.17) is 9.57 Å². The topological polar surface area (TPSA) is 59.6 Å². The summed E-state index contributed by atoms with van der Waals surface area (Å²) in [6, 6.07) is 9.95. The number of hydroxylamine groups is 1. The van der Waals surface area contributed by atoms with Crippen molar-refractivity contribution in [3.8, 4) is 0 Å². The van der Waals surface area contributed by atoms with Crippen LogP contribution in [0.5, 0.6) is 0 Å². The zero-order chi connectivity index (χ0) is 18.5. The van der Waals surface area contributed by atoms with Crippen LogP contribution in [0.1, 0.15) is 35.2 Å². The number of rotatable bonds is 5. The average molecular weight is 470 g/mol. The van der Waals surface area contributed by atoms with Gasteiger partial charge in [-0.15, -0.1) is 0 Å². The number of benzene rings is 2. The van der Waals surface area contributed by atoms with Crippen LogP contribution < -0.4 is 10.8 Å². The van der Waals surface area contributed by atoms with E-state index >= 15 is 0 Å². The van der Waals surface area contributed by atoms with Crippen molar-refractivity contribution >= 4 is 39.9 Å². The van der Waals surface area contributed by atoms with Gasteiger partial charge in [0.05, 0.1) is 11.3 Å². The molecule has 1 saturated heterocycles. The van der Waals surface area contributed by atoms with Crippen molar-refractivity contribution in [2.24, 2.45) is 0 Å². The molecular formula is C19H20FIN2O3. The lowest BCUT2D eigenvalue weighted by Gasteiger charge is -2.22. The van der Waals surface area contributed by atoms with Crippen molar-refractivity contribution in [2.45, 2.75) is 32.5 Å². The quantitative estimate of drug-likeness (QED) is 0.493. The molecule has 1 aliphatic rings. The molecule has 1 unspecified atom stereocenters. The molecule has 2 aromatic rings. The molecular weight excluding hydrogens is 450 g/mol. The second kappa shape index (κ2) is 8.79. The molecule has 0 bridgehead atoms. The van der Waals surface area contributed by atoms with Gasteiger partial charge in [0, 0.05) is 22.3 Å². The molecule has 5 nitrogen and oxygen atoms in total. The molecule has 1 fully saturated rings. The molecule has 0 aliphatic carbocycles. The molecule has 0 radical (unpaired) electrons. The third kappa shape index (κ3) is 4.93. The Morgan fingerprint density at radius 3 is 2.77 bits per heavy atom. The zero-order valence-corrected chi connectivity index (χ0v) is 16.5. The number of halogens is 2. The normalized spacial score (nSPS) is 17.0. The highest BCUT2D eigenvalue weighted by molar-refractivity contribution is 14.1. The molecule has 7 heteroatoms. The van der Waals surface area contributed by atoms with Crippen LogP contribution in [0.15, 0.2) is 36.4 Å². The first-order valence-electron chi connectivity index (χ1n) is 8.43. The Kier molecular flexibility index (Phi) is 6.44. The first kappa shape index (κ1) is 19.1. The summed E-state index contributed by atoms with van der Waals surface area (Å²) >= 11 is 2.24. The summed E-state index contributed by atoms with van der Waals surface area (Å²) in [5.74, 6) is -1.02. The number of anilines is 2. The van der Waals surface area contributed by atoms with Gasteiger partial charge in [0.25, 0.3) is 5.91 Å². The van der Waals surface area contributed by atoms with Gasteiger partial charge in [-0.2, -0.15) is 0 Å². The second-order valence-corrected chi connectivity index (χ2v) is 7.36. The maximum Gasteiger partial charge on any atom is 0.277 e. The molecule has 1 amide bonds. The Labute approximate surface area is 165 Å². The van der Waals surface area contributed by atoms with E-state index in [1.165, 1.54) is 12.1 Å². The van der Waals surface area contributed by atoms with Crippen molar-refractivity contribution in [3.63, 3.8) is 0 Å². The van der Waals surface area contributed by atoms with Crippen LogP contribution in [-0.2, 0) is 9.57 Å². The SMILES string of the molecule is Cc1cc(I)ccc1Nc1ccc(F)cc1C(=O)NOC1CCCCO1. The number of carbonyl (C=O) groups is 1. The number of nitrogens with one attached hydrogen (secondary N) is 2. The Balaban J connectivity index is 1.75. The van der Waals surface area contributed by atoms with Gasteiger partial charge in [-0.05, 0) is 84.3 Å². The van der Waals surface area contributed by atoms with Crippen LogP contribution in [0.25, 0.3) is 0 Å². The first-order valence-corrected chi connectivity index (χ1v) is 9.51. The van der Waals surface area contributed by atoms with E-state index in [-0.39, 0.29) is 5.56 Å². The zero-order valence-electron chi connectivity index (χ0n) is 14.4. The third-order valence-corrected chi connectivity index (χ3v) is 4.78. The predicted molar refractivity (Wildman–Crippen MR) is 106 cm³/mol. The summed E-state index contributed by atoms with van der Waals surface area (Å²) < 4.78 is 20.2. The fraction of sp³-hybridized carbons (Fsp3) is 0.316. The predicted octanol–water partition coefficient (Wildman–Crippen LogP) is 4.67. The van der Waals surface area contributed by atoms with E-state index < -0.39 is 18.0 Å². The van der Waals surface area contributed by atoms with Crippen LogP contribution in [0.2, 0.25) is 0 Å². The fourth-order valence-electron chi connectivity index (χ4n) is 2.70. The highest BCUT2D eigenvalue weighted by atomic mass is 127. The Hall–Kier alpha value is -1.71. The van der Waals surface area contributed by atoms with Crippen LogP contribution in [0, 0.1) is 16.3 Å². The molecule has 0 saturated carbocycles. The summed E-state index contributed by atoms with van der Waals surface area (Å²) in [5, 5.41) is 3.20. The van der Waals surface area contributed by atoms with Gasteiger partial charge < -0.3 is 10.1 Å².